The minimum Gasteiger partial charge on any atom is -0.504 e. The van der Waals surface area contributed by atoms with Crippen molar-refractivity contribution in [3.05, 3.63) is 50.1 Å². The first kappa shape index (κ1) is 23.3. The summed E-state index contributed by atoms with van der Waals surface area (Å²) < 4.78 is 7.51. The molecule has 3 heterocycles. The highest BCUT2D eigenvalue weighted by Gasteiger charge is 2.72. The lowest BCUT2D eigenvalue weighted by molar-refractivity contribution is -0.198. The Bertz CT molecular complexity index is 1270. The third kappa shape index (κ3) is 3.23. The maximum atomic E-state index is 13.2. The van der Waals surface area contributed by atoms with Crippen molar-refractivity contribution in [3.8, 4) is 11.5 Å². The Balaban J connectivity index is 1.24. The molecule has 2 aromatic rings. The zero-order valence-electron chi connectivity index (χ0n) is 20.3. The Morgan fingerprint density at radius 2 is 2.22 bits per heavy atom. The summed E-state index contributed by atoms with van der Waals surface area (Å²) in [5, 5.41) is 25.5. The maximum Gasteiger partial charge on any atom is 0.246 e. The summed E-state index contributed by atoms with van der Waals surface area (Å²) in [7, 11) is 1.84. The molecule has 5 atom stereocenters. The number of carbonyl (C=O) groups is 1. The Kier molecular flexibility index (Phi) is 5.21. The molecule has 5 aliphatic rings. The van der Waals surface area contributed by atoms with Crippen LogP contribution in [0.3, 0.4) is 0 Å². The molecule has 36 heavy (non-hydrogen) atoms. The number of piperidine rings is 1. The number of carbonyl (C=O) groups excluding carboxylic acids is 1. The van der Waals surface area contributed by atoms with Crippen molar-refractivity contribution in [2.24, 2.45) is 5.92 Å². The predicted octanol–water partition coefficient (Wildman–Crippen LogP) is 4.32. The lowest BCUT2D eigenvalue weighted by atomic mass is 9.48. The molecule has 1 aromatic heterocycles. The topological polar surface area (TPSA) is 73.2 Å². The van der Waals surface area contributed by atoms with Gasteiger partial charge in [-0.1, -0.05) is 6.07 Å². The molecule has 6 nitrogen and oxygen atoms in total. The van der Waals surface area contributed by atoms with Gasteiger partial charge >= 0.3 is 0 Å². The molecule has 1 saturated heterocycles. The van der Waals surface area contributed by atoms with Crippen LogP contribution in [0.4, 0.5) is 0 Å². The number of aromatic hydroxyl groups is 1. The largest absolute Gasteiger partial charge is 0.504 e. The van der Waals surface area contributed by atoms with Gasteiger partial charge in [0.1, 0.15) is 6.10 Å². The Morgan fingerprint density at radius 3 is 2.97 bits per heavy atom. The van der Waals surface area contributed by atoms with Crippen LogP contribution in [0.15, 0.2) is 34.1 Å². The van der Waals surface area contributed by atoms with E-state index in [0.717, 1.165) is 46.8 Å². The van der Waals surface area contributed by atoms with Gasteiger partial charge in [-0.3, -0.25) is 9.69 Å². The molecule has 2 aliphatic heterocycles. The standard InChI is InChI=1S/C28H31BrN2O4S/c1-30(24(33)7-5-20-11-18(29)15-36-20)19-12-23-27-8-9-31(14-16-2-3-16)22(28(27,34)13-19)10-17-4-6-21(32)26(35-23)25(17)27/h4-7,11,15-16,19,22-23,32,34H,2-3,8-10,12-14H2,1H3/b7-5+/t19-,22+,23-,27+,28+/m0/s1. The summed E-state index contributed by atoms with van der Waals surface area (Å²) in [5.41, 5.74) is 0.691. The van der Waals surface area contributed by atoms with E-state index < -0.39 is 11.0 Å². The van der Waals surface area contributed by atoms with Crippen LogP contribution >= 0.6 is 27.3 Å². The molecular formula is C28H31BrN2O4S. The Hall–Kier alpha value is -1.87. The molecule has 8 heteroatoms. The first-order valence-corrected chi connectivity index (χ1v) is 14.6. The lowest BCUT2D eigenvalue weighted by Crippen LogP contribution is -2.77. The molecule has 2 saturated carbocycles. The molecule has 1 amide bonds. The second-order valence-corrected chi connectivity index (χ2v) is 13.3. The number of hydrogen-bond donors (Lipinski definition) is 2. The number of likely N-dealkylation sites (N-methyl/N-ethyl adjacent to an activating group) is 1. The zero-order valence-corrected chi connectivity index (χ0v) is 22.7. The SMILES string of the molecule is CN(C(=O)/C=C/c1cc(Br)cs1)[C@H]1C[C@@H]2Oc3c(O)ccc4c3[C@@]23CCN(CC2CC2)[C@H](C4)[C@]3(O)C1. The van der Waals surface area contributed by atoms with Crippen LogP contribution < -0.4 is 4.74 Å². The summed E-state index contributed by atoms with van der Waals surface area (Å²) in [4.78, 5) is 18.5. The average molecular weight is 572 g/mol. The highest BCUT2D eigenvalue weighted by Crippen LogP contribution is 2.65. The fourth-order valence-corrected chi connectivity index (χ4v) is 8.98. The molecule has 3 aliphatic carbocycles. The molecule has 0 unspecified atom stereocenters. The maximum absolute atomic E-state index is 13.2. The number of aliphatic hydroxyl groups is 1. The lowest BCUT2D eigenvalue weighted by Gasteiger charge is -2.64. The summed E-state index contributed by atoms with van der Waals surface area (Å²) in [5.74, 6) is 1.38. The van der Waals surface area contributed by atoms with Crippen LogP contribution in [0.1, 0.15) is 48.1 Å². The quantitative estimate of drug-likeness (QED) is 0.524. The van der Waals surface area contributed by atoms with Crippen LogP contribution in [0, 0.1) is 5.92 Å². The first-order valence-electron chi connectivity index (χ1n) is 13.0. The van der Waals surface area contributed by atoms with Crippen LogP contribution in [0.2, 0.25) is 0 Å². The minimum atomic E-state index is -1.02. The fraction of sp³-hybridized carbons (Fsp3) is 0.536. The van der Waals surface area contributed by atoms with Gasteiger partial charge < -0.3 is 19.8 Å². The van der Waals surface area contributed by atoms with Gasteiger partial charge in [0.25, 0.3) is 0 Å². The van der Waals surface area contributed by atoms with E-state index in [2.05, 4.69) is 20.8 Å². The number of thiophene rings is 1. The van der Waals surface area contributed by atoms with Gasteiger partial charge in [-0.25, -0.2) is 0 Å². The van der Waals surface area contributed by atoms with E-state index in [0.29, 0.717) is 18.6 Å². The van der Waals surface area contributed by atoms with Crippen molar-refractivity contribution in [3.63, 3.8) is 0 Å². The fourth-order valence-electron chi connectivity index (χ4n) is 7.64. The third-order valence-corrected chi connectivity index (χ3v) is 11.2. The number of hydrogen-bond acceptors (Lipinski definition) is 6. The highest BCUT2D eigenvalue weighted by atomic mass is 79.9. The molecule has 2 N–H and O–H groups in total. The van der Waals surface area contributed by atoms with Gasteiger partial charge in [-0.2, -0.15) is 0 Å². The van der Waals surface area contributed by atoms with E-state index in [4.69, 9.17) is 4.74 Å². The summed E-state index contributed by atoms with van der Waals surface area (Å²) >= 11 is 5.05. The number of benzene rings is 1. The summed E-state index contributed by atoms with van der Waals surface area (Å²) in [6.45, 7) is 1.98. The van der Waals surface area contributed by atoms with Crippen molar-refractivity contribution in [1.29, 1.82) is 0 Å². The number of halogens is 1. The molecule has 3 fully saturated rings. The number of phenolic OH excluding ortho intramolecular Hbond substituents is 1. The van der Waals surface area contributed by atoms with Gasteiger partial charge in [0.2, 0.25) is 5.91 Å². The number of phenols is 1. The number of nitrogens with zero attached hydrogens (tertiary/aromatic N) is 2. The molecule has 0 radical (unpaired) electrons. The van der Waals surface area contributed by atoms with Crippen LogP contribution in [0.5, 0.6) is 11.5 Å². The number of likely N-dealkylation sites (tertiary alicyclic amines) is 1. The summed E-state index contributed by atoms with van der Waals surface area (Å²) in [6.07, 6.45) is 8.51. The smallest absolute Gasteiger partial charge is 0.246 e. The number of ether oxygens (including phenoxy) is 1. The van der Waals surface area contributed by atoms with E-state index in [1.54, 1.807) is 28.4 Å². The zero-order chi connectivity index (χ0) is 24.8. The Labute approximate surface area is 223 Å². The van der Waals surface area contributed by atoms with Gasteiger partial charge in [0.05, 0.1) is 11.0 Å². The van der Waals surface area contributed by atoms with E-state index >= 15 is 0 Å². The molecule has 1 spiro atoms. The van der Waals surface area contributed by atoms with E-state index in [-0.39, 0.29) is 29.8 Å². The summed E-state index contributed by atoms with van der Waals surface area (Å²) in [6, 6.07) is 5.61. The molecule has 7 rings (SSSR count). The molecular weight excluding hydrogens is 540 g/mol. The highest BCUT2D eigenvalue weighted by molar-refractivity contribution is 9.10. The van der Waals surface area contributed by atoms with E-state index in [9.17, 15) is 15.0 Å². The van der Waals surface area contributed by atoms with Crippen molar-refractivity contribution < 1.29 is 19.7 Å². The van der Waals surface area contributed by atoms with Crippen LogP contribution in [-0.2, 0) is 16.6 Å². The molecule has 1 aromatic carbocycles. The number of amides is 1. The van der Waals surface area contributed by atoms with Gasteiger partial charge in [-0.15, -0.1) is 11.3 Å². The Morgan fingerprint density at radius 1 is 1.39 bits per heavy atom. The molecule has 190 valence electrons. The third-order valence-electron chi connectivity index (χ3n) is 9.55. The second-order valence-electron chi connectivity index (χ2n) is 11.4. The van der Waals surface area contributed by atoms with Crippen LogP contribution in [-0.4, -0.2) is 69.8 Å². The predicted molar refractivity (Wildman–Crippen MR) is 142 cm³/mol. The van der Waals surface area contributed by atoms with Crippen LogP contribution in [0.25, 0.3) is 6.08 Å². The van der Waals surface area contributed by atoms with Crippen molar-refractivity contribution >= 4 is 39.2 Å². The second kappa shape index (κ2) is 8.06. The van der Waals surface area contributed by atoms with Gasteiger partial charge in [0, 0.05) is 58.5 Å². The molecule has 2 bridgehead atoms. The van der Waals surface area contributed by atoms with Crippen molar-refractivity contribution in [2.75, 3.05) is 20.1 Å². The van der Waals surface area contributed by atoms with Gasteiger partial charge in [0.15, 0.2) is 11.5 Å². The van der Waals surface area contributed by atoms with E-state index in [1.165, 1.54) is 18.4 Å². The van der Waals surface area contributed by atoms with Crippen molar-refractivity contribution in [1.82, 2.24) is 9.80 Å². The normalized spacial score (nSPS) is 34.5. The number of rotatable bonds is 5. The van der Waals surface area contributed by atoms with Crippen molar-refractivity contribution in [2.45, 2.75) is 67.7 Å². The van der Waals surface area contributed by atoms with E-state index in [1.807, 2.05) is 30.6 Å². The van der Waals surface area contributed by atoms with Gasteiger partial charge in [-0.05, 0) is 84.3 Å². The average Bonchev–Trinajstić information content (AvgIpc) is 3.46. The minimum absolute atomic E-state index is 0.00810. The first-order chi connectivity index (χ1) is 17.3. The monoisotopic (exact) mass is 570 g/mol.